The van der Waals surface area contributed by atoms with Crippen LogP contribution in [0.3, 0.4) is 0 Å². The lowest BCUT2D eigenvalue weighted by atomic mass is 10.2. The number of nitrogens with one attached hydrogen (secondary N) is 2. The van der Waals surface area contributed by atoms with E-state index in [0.29, 0.717) is 12.2 Å². The van der Waals surface area contributed by atoms with Crippen LogP contribution in [0.25, 0.3) is 0 Å². The van der Waals surface area contributed by atoms with Crippen molar-refractivity contribution < 1.29 is 9.59 Å². The third kappa shape index (κ3) is 5.30. The van der Waals surface area contributed by atoms with Gasteiger partial charge in [-0.1, -0.05) is 6.07 Å². The first-order valence-electron chi connectivity index (χ1n) is 7.95. The zero-order valence-corrected chi connectivity index (χ0v) is 15.8. The molecular formula is C18H24N4O2S. The number of thiophene rings is 1. The Balaban J connectivity index is 1.90. The highest BCUT2D eigenvalue weighted by Crippen LogP contribution is 2.22. The van der Waals surface area contributed by atoms with Gasteiger partial charge in [0.25, 0.3) is 0 Å². The number of benzene rings is 1. The maximum Gasteiger partial charge on any atom is 0.313 e. The SMILES string of the molecule is CN(C)c1ccc(NC(=O)C(=O)NC[C@H](c2cccs2)N(C)C)cc1. The highest BCUT2D eigenvalue weighted by molar-refractivity contribution is 7.10. The Kier molecular flexibility index (Phi) is 6.55. The molecule has 2 N–H and O–H groups in total. The minimum atomic E-state index is -0.665. The number of rotatable bonds is 6. The van der Waals surface area contributed by atoms with E-state index in [-0.39, 0.29) is 6.04 Å². The van der Waals surface area contributed by atoms with Crippen LogP contribution < -0.4 is 15.5 Å². The summed E-state index contributed by atoms with van der Waals surface area (Å²) in [6, 6.07) is 11.3. The number of carbonyl (C=O) groups is 2. The van der Waals surface area contributed by atoms with Crippen LogP contribution in [-0.2, 0) is 9.59 Å². The average molecular weight is 360 g/mol. The topological polar surface area (TPSA) is 64.7 Å². The van der Waals surface area contributed by atoms with E-state index < -0.39 is 11.8 Å². The number of nitrogens with zero attached hydrogens (tertiary/aromatic N) is 2. The molecule has 1 aromatic heterocycles. The molecule has 0 unspecified atom stereocenters. The molecule has 2 rings (SSSR count). The molecule has 25 heavy (non-hydrogen) atoms. The zero-order valence-electron chi connectivity index (χ0n) is 14.9. The minimum Gasteiger partial charge on any atom is -0.378 e. The van der Waals surface area contributed by atoms with E-state index in [4.69, 9.17) is 0 Å². The van der Waals surface area contributed by atoms with Crippen LogP contribution >= 0.6 is 11.3 Å². The summed E-state index contributed by atoms with van der Waals surface area (Å²) in [4.78, 5) is 29.3. The minimum absolute atomic E-state index is 0.0381. The second-order valence-electron chi connectivity index (χ2n) is 6.10. The van der Waals surface area contributed by atoms with Gasteiger partial charge < -0.3 is 20.4 Å². The molecule has 2 amide bonds. The summed E-state index contributed by atoms with van der Waals surface area (Å²) in [5, 5.41) is 7.32. The molecule has 0 fully saturated rings. The van der Waals surface area contributed by atoms with Gasteiger partial charge in [0.15, 0.2) is 0 Å². The Morgan fingerprint density at radius 2 is 1.72 bits per heavy atom. The van der Waals surface area contributed by atoms with E-state index in [1.165, 1.54) is 0 Å². The molecule has 0 spiro atoms. The Morgan fingerprint density at radius 3 is 2.24 bits per heavy atom. The van der Waals surface area contributed by atoms with Crippen LogP contribution in [0.15, 0.2) is 41.8 Å². The van der Waals surface area contributed by atoms with Crippen molar-refractivity contribution >= 4 is 34.5 Å². The molecule has 0 radical (unpaired) electrons. The fourth-order valence-electron chi connectivity index (χ4n) is 2.32. The van der Waals surface area contributed by atoms with E-state index in [2.05, 4.69) is 10.6 Å². The molecule has 1 heterocycles. The van der Waals surface area contributed by atoms with Crippen molar-refractivity contribution in [3.8, 4) is 0 Å². The van der Waals surface area contributed by atoms with Crippen molar-refractivity contribution in [1.29, 1.82) is 0 Å². The molecule has 6 nitrogen and oxygen atoms in total. The summed E-state index contributed by atoms with van der Waals surface area (Å²) in [7, 11) is 7.78. The van der Waals surface area contributed by atoms with Crippen LogP contribution in [0, 0.1) is 0 Å². The smallest absolute Gasteiger partial charge is 0.313 e. The number of hydrogen-bond donors (Lipinski definition) is 2. The van der Waals surface area contributed by atoms with Crippen molar-refractivity contribution in [1.82, 2.24) is 10.2 Å². The van der Waals surface area contributed by atoms with Gasteiger partial charge in [0.2, 0.25) is 0 Å². The van der Waals surface area contributed by atoms with Crippen LogP contribution in [-0.4, -0.2) is 51.4 Å². The third-order valence-electron chi connectivity index (χ3n) is 3.80. The van der Waals surface area contributed by atoms with Gasteiger partial charge in [0.1, 0.15) is 0 Å². The standard InChI is InChI=1S/C18H24N4O2S/c1-21(2)14-9-7-13(8-10-14)20-18(24)17(23)19-12-15(22(3)4)16-6-5-11-25-16/h5-11,15H,12H2,1-4H3,(H,19,23)(H,20,24)/t15-/m1/s1. The molecule has 0 aliphatic rings. The number of anilines is 2. The Hall–Kier alpha value is -2.38. The van der Waals surface area contributed by atoms with E-state index in [1.807, 2.05) is 67.6 Å². The highest BCUT2D eigenvalue weighted by Gasteiger charge is 2.19. The van der Waals surface area contributed by atoms with Crippen LogP contribution in [0.1, 0.15) is 10.9 Å². The Bertz CT molecular complexity index is 696. The van der Waals surface area contributed by atoms with E-state index >= 15 is 0 Å². The summed E-state index contributed by atoms with van der Waals surface area (Å²) in [6.07, 6.45) is 0. The lowest BCUT2D eigenvalue weighted by molar-refractivity contribution is -0.136. The lowest BCUT2D eigenvalue weighted by Gasteiger charge is -2.23. The molecule has 0 aliphatic carbocycles. The Morgan fingerprint density at radius 1 is 1.04 bits per heavy atom. The first kappa shape index (κ1) is 19.0. The summed E-state index contributed by atoms with van der Waals surface area (Å²) in [5.74, 6) is -1.30. The van der Waals surface area contributed by atoms with E-state index in [0.717, 1.165) is 10.6 Å². The number of amides is 2. The number of carbonyl (C=O) groups excluding carboxylic acids is 2. The first-order valence-corrected chi connectivity index (χ1v) is 8.83. The number of hydrogen-bond acceptors (Lipinski definition) is 5. The van der Waals surface area contributed by atoms with Crippen molar-refractivity contribution in [2.75, 3.05) is 45.0 Å². The van der Waals surface area contributed by atoms with Crippen molar-refractivity contribution in [3.05, 3.63) is 46.7 Å². The van der Waals surface area contributed by atoms with Gasteiger partial charge in [-0.25, -0.2) is 0 Å². The lowest BCUT2D eigenvalue weighted by Crippen LogP contribution is -2.40. The van der Waals surface area contributed by atoms with Gasteiger partial charge in [-0.15, -0.1) is 11.3 Å². The van der Waals surface area contributed by atoms with Crippen LogP contribution in [0.2, 0.25) is 0 Å². The first-order chi connectivity index (χ1) is 11.9. The largest absolute Gasteiger partial charge is 0.378 e. The molecule has 0 saturated carbocycles. The molecule has 2 aromatic rings. The highest BCUT2D eigenvalue weighted by atomic mass is 32.1. The predicted octanol–water partition coefficient (Wildman–Crippen LogP) is 2.17. The fraction of sp³-hybridized carbons (Fsp3) is 0.333. The summed E-state index contributed by atoms with van der Waals surface area (Å²) in [5.41, 5.74) is 1.61. The fourth-order valence-corrected chi connectivity index (χ4v) is 3.24. The summed E-state index contributed by atoms with van der Waals surface area (Å²) >= 11 is 1.63. The molecular weight excluding hydrogens is 336 g/mol. The number of likely N-dealkylation sites (N-methyl/N-ethyl adjacent to an activating group) is 1. The van der Waals surface area contributed by atoms with E-state index in [1.54, 1.807) is 23.5 Å². The zero-order chi connectivity index (χ0) is 18.4. The average Bonchev–Trinajstić information content (AvgIpc) is 3.09. The molecule has 7 heteroatoms. The molecule has 0 bridgehead atoms. The Labute approximate surface area is 152 Å². The quantitative estimate of drug-likeness (QED) is 0.775. The normalized spacial score (nSPS) is 11.9. The summed E-state index contributed by atoms with van der Waals surface area (Å²) < 4.78 is 0. The second kappa shape index (κ2) is 8.64. The molecule has 0 saturated heterocycles. The maximum atomic E-state index is 12.1. The molecule has 134 valence electrons. The maximum absolute atomic E-state index is 12.1. The van der Waals surface area contributed by atoms with Crippen molar-refractivity contribution in [2.45, 2.75) is 6.04 Å². The van der Waals surface area contributed by atoms with Gasteiger partial charge in [-0.05, 0) is 49.8 Å². The molecule has 0 aliphatic heterocycles. The van der Waals surface area contributed by atoms with Crippen molar-refractivity contribution in [2.24, 2.45) is 0 Å². The molecule has 1 aromatic carbocycles. The van der Waals surface area contributed by atoms with Crippen molar-refractivity contribution in [3.63, 3.8) is 0 Å². The van der Waals surface area contributed by atoms with Gasteiger partial charge in [0.05, 0.1) is 6.04 Å². The summed E-state index contributed by atoms with van der Waals surface area (Å²) in [6.45, 7) is 0.374. The monoisotopic (exact) mass is 360 g/mol. The van der Waals surface area contributed by atoms with Crippen LogP contribution in [0.4, 0.5) is 11.4 Å². The van der Waals surface area contributed by atoms with E-state index in [9.17, 15) is 9.59 Å². The molecule has 1 atom stereocenters. The third-order valence-corrected chi connectivity index (χ3v) is 4.77. The van der Waals surface area contributed by atoms with Gasteiger partial charge >= 0.3 is 11.8 Å². The van der Waals surface area contributed by atoms with Gasteiger partial charge in [-0.3, -0.25) is 9.59 Å². The predicted molar refractivity (Wildman–Crippen MR) is 103 cm³/mol. The van der Waals surface area contributed by atoms with Gasteiger partial charge in [-0.2, -0.15) is 0 Å². The van der Waals surface area contributed by atoms with Gasteiger partial charge in [0, 0.05) is 36.9 Å². The second-order valence-corrected chi connectivity index (χ2v) is 7.08. The van der Waals surface area contributed by atoms with Crippen LogP contribution in [0.5, 0.6) is 0 Å².